The van der Waals surface area contributed by atoms with E-state index in [9.17, 15) is 0 Å². The molecule has 0 aliphatic heterocycles. The van der Waals surface area contributed by atoms with Crippen molar-refractivity contribution in [3.8, 4) is 11.5 Å². The molecule has 0 radical (unpaired) electrons. The largest absolute Gasteiger partial charge is 0.420 e. The van der Waals surface area contributed by atoms with Crippen LogP contribution in [0.5, 0.6) is 0 Å². The van der Waals surface area contributed by atoms with E-state index in [1.165, 1.54) is 0 Å². The first-order chi connectivity index (χ1) is 8.40. The molecule has 0 spiro atoms. The summed E-state index contributed by atoms with van der Waals surface area (Å²) in [6.07, 6.45) is 4.15. The number of rotatable bonds is 5. The van der Waals surface area contributed by atoms with Crippen LogP contribution >= 0.6 is 11.8 Å². The van der Waals surface area contributed by atoms with Gasteiger partial charge < -0.3 is 4.42 Å². The maximum Gasteiger partial charge on any atom is 0.247 e. The van der Waals surface area contributed by atoms with Crippen molar-refractivity contribution >= 4 is 11.8 Å². The number of nitrogens with zero attached hydrogens (tertiary/aromatic N) is 2. The van der Waals surface area contributed by atoms with Crippen LogP contribution in [0.15, 0.2) is 46.9 Å². The van der Waals surface area contributed by atoms with Crippen LogP contribution in [-0.2, 0) is 5.75 Å². The molecule has 0 aliphatic carbocycles. The van der Waals surface area contributed by atoms with Gasteiger partial charge >= 0.3 is 0 Å². The van der Waals surface area contributed by atoms with E-state index in [2.05, 4.69) is 16.3 Å². The first kappa shape index (κ1) is 11.9. The second-order valence-electron chi connectivity index (χ2n) is 3.45. The normalized spacial score (nSPS) is 11.1. The summed E-state index contributed by atoms with van der Waals surface area (Å²) in [4.78, 5) is 0. The van der Waals surface area contributed by atoms with E-state index < -0.39 is 0 Å². The average Bonchev–Trinajstić information content (AvgIpc) is 2.85. The summed E-state index contributed by atoms with van der Waals surface area (Å²) < 4.78 is 5.58. The van der Waals surface area contributed by atoms with Gasteiger partial charge in [-0.05, 0) is 19.1 Å². The lowest BCUT2D eigenvalue weighted by Gasteiger charge is -1.93. The van der Waals surface area contributed by atoms with Gasteiger partial charge in [-0.3, -0.25) is 0 Å². The van der Waals surface area contributed by atoms with Crippen LogP contribution in [0.2, 0.25) is 0 Å². The van der Waals surface area contributed by atoms with Gasteiger partial charge in [-0.15, -0.1) is 22.0 Å². The second-order valence-corrected chi connectivity index (χ2v) is 4.48. The minimum Gasteiger partial charge on any atom is -0.420 e. The summed E-state index contributed by atoms with van der Waals surface area (Å²) in [5.74, 6) is 2.99. The number of allylic oxidation sites excluding steroid dienone is 1. The number of hydrogen-bond acceptors (Lipinski definition) is 4. The molecular formula is C13H14N2OS. The summed E-state index contributed by atoms with van der Waals surface area (Å²) in [5, 5.41) is 8.07. The van der Waals surface area contributed by atoms with Crippen molar-refractivity contribution in [3.63, 3.8) is 0 Å². The van der Waals surface area contributed by atoms with E-state index in [4.69, 9.17) is 4.42 Å². The highest BCUT2D eigenvalue weighted by Crippen LogP contribution is 2.19. The molecule has 0 N–H and O–H groups in total. The molecule has 0 amide bonds. The molecule has 0 aliphatic rings. The third-order valence-electron chi connectivity index (χ3n) is 2.16. The third-order valence-corrected chi connectivity index (χ3v) is 3.04. The minimum atomic E-state index is 0.590. The Bertz CT molecular complexity index is 479. The number of benzene rings is 1. The van der Waals surface area contributed by atoms with Crippen molar-refractivity contribution in [2.75, 3.05) is 5.75 Å². The number of thioether (sulfide) groups is 1. The summed E-state index contributed by atoms with van der Waals surface area (Å²) in [6, 6.07) is 9.81. The quantitative estimate of drug-likeness (QED) is 0.597. The lowest BCUT2D eigenvalue weighted by atomic mass is 10.2. The molecule has 1 aromatic heterocycles. The second kappa shape index (κ2) is 6.25. The molecule has 4 heteroatoms. The van der Waals surface area contributed by atoms with Gasteiger partial charge in [0.25, 0.3) is 0 Å². The van der Waals surface area contributed by atoms with Gasteiger partial charge in [-0.1, -0.05) is 30.4 Å². The topological polar surface area (TPSA) is 38.9 Å². The Kier molecular flexibility index (Phi) is 4.38. The highest BCUT2D eigenvalue weighted by atomic mass is 32.2. The van der Waals surface area contributed by atoms with E-state index in [0.29, 0.717) is 11.8 Å². The van der Waals surface area contributed by atoms with Gasteiger partial charge in [-0.2, -0.15) is 0 Å². The van der Waals surface area contributed by atoms with Crippen LogP contribution < -0.4 is 0 Å². The first-order valence-corrected chi connectivity index (χ1v) is 6.62. The van der Waals surface area contributed by atoms with Gasteiger partial charge in [0.15, 0.2) is 0 Å². The molecule has 0 saturated heterocycles. The Morgan fingerprint density at radius 2 is 2.06 bits per heavy atom. The third kappa shape index (κ3) is 3.46. The zero-order valence-corrected chi connectivity index (χ0v) is 10.5. The maximum atomic E-state index is 5.58. The fourth-order valence-corrected chi connectivity index (χ4v) is 2.06. The van der Waals surface area contributed by atoms with Crippen molar-refractivity contribution in [1.29, 1.82) is 0 Å². The van der Waals surface area contributed by atoms with Crippen LogP contribution in [0, 0.1) is 0 Å². The van der Waals surface area contributed by atoms with Crippen LogP contribution in [0.4, 0.5) is 0 Å². The van der Waals surface area contributed by atoms with E-state index >= 15 is 0 Å². The minimum absolute atomic E-state index is 0.590. The Labute approximate surface area is 105 Å². The zero-order valence-electron chi connectivity index (χ0n) is 9.67. The molecule has 1 aromatic carbocycles. The van der Waals surface area contributed by atoms with Crippen LogP contribution in [-0.4, -0.2) is 16.0 Å². The molecule has 2 aromatic rings. The van der Waals surface area contributed by atoms with E-state index in [-0.39, 0.29) is 0 Å². The summed E-state index contributed by atoms with van der Waals surface area (Å²) >= 11 is 1.76. The van der Waals surface area contributed by atoms with Gasteiger partial charge in [0.1, 0.15) is 0 Å². The lowest BCUT2D eigenvalue weighted by Crippen LogP contribution is -1.80. The van der Waals surface area contributed by atoms with Gasteiger partial charge in [0.05, 0.1) is 5.75 Å². The fourth-order valence-electron chi connectivity index (χ4n) is 1.32. The summed E-state index contributed by atoms with van der Waals surface area (Å²) in [6.45, 7) is 2.01. The zero-order chi connectivity index (χ0) is 11.9. The highest BCUT2D eigenvalue weighted by Gasteiger charge is 2.07. The molecule has 0 saturated carbocycles. The van der Waals surface area contributed by atoms with Crippen molar-refractivity contribution in [2.45, 2.75) is 12.7 Å². The molecule has 3 nitrogen and oxygen atoms in total. The van der Waals surface area contributed by atoms with Crippen molar-refractivity contribution in [2.24, 2.45) is 0 Å². The smallest absolute Gasteiger partial charge is 0.247 e. The Hall–Kier alpha value is -1.55. The highest BCUT2D eigenvalue weighted by molar-refractivity contribution is 7.98. The van der Waals surface area contributed by atoms with Gasteiger partial charge in [-0.25, -0.2) is 0 Å². The molecule has 0 atom stereocenters. The Morgan fingerprint density at radius 3 is 2.82 bits per heavy atom. The van der Waals surface area contributed by atoms with E-state index in [1.807, 2.05) is 43.3 Å². The average molecular weight is 246 g/mol. The number of aromatic nitrogens is 2. The van der Waals surface area contributed by atoms with Crippen molar-refractivity contribution < 1.29 is 4.42 Å². The molecule has 1 heterocycles. The predicted octanol–water partition coefficient (Wildman–Crippen LogP) is 3.55. The van der Waals surface area contributed by atoms with Crippen LogP contribution in [0.1, 0.15) is 12.8 Å². The summed E-state index contributed by atoms with van der Waals surface area (Å²) in [7, 11) is 0. The SMILES string of the molecule is C/C=C/CSCc1nnc(-c2ccccc2)o1. The van der Waals surface area contributed by atoms with Crippen LogP contribution in [0.3, 0.4) is 0 Å². The van der Waals surface area contributed by atoms with E-state index in [1.54, 1.807) is 11.8 Å². The Balaban J connectivity index is 1.97. The van der Waals surface area contributed by atoms with Crippen molar-refractivity contribution in [1.82, 2.24) is 10.2 Å². The lowest BCUT2D eigenvalue weighted by molar-refractivity contribution is 0.528. The molecule has 2 rings (SSSR count). The maximum absolute atomic E-state index is 5.58. The van der Waals surface area contributed by atoms with Crippen molar-refractivity contribution in [3.05, 3.63) is 48.4 Å². The standard InChI is InChI=1S/C13H14N2OS/c1-2-3-9-17-10-12-14-15-13(16-12)11-7-5-4-6-8-11/h2-8H,9-10H2,1H3/b3-2+. The Morgan fingerprint density at radius 1 is 1.24 bits per heavy atom. The van der Waals surface area contributed by atoms with Gasteiger partial charge in [0.2, 0.25) is 11.8 Å². The molecule has 0 bridgehead atoms. The molecule has 17 heavy (non-hydrogen) atoms. The fraction of sp³-hybridized carbons (Fsp3) is 0.231. The predicted molar refractivity (Wildman–Crippen MR) is 70.7 cm³/mol. The number of hydrogen-bond donors (Lipinski definition) is 0. The van der Waals surface area contributed by atoms with E-state index in [0.717, 1.165) is 17.1 Å². The first-order valence-electron chi connectivity index (χ1n) is 5.47. The summed E-state index contributed by atoms with van der Waals surface area (Å²) in [5.41, 5.74) is 0.963. The molecule has 0 fully saturated rings. The van der Waals surface area contributed by atoms with Gasteiger partial charge in [0, 0.05) is 11.3 Å². The monoisotopic (exact) mass is 246 g/mol. The molecule has 0 unspecified atom stereocenters. The molecule has 88 valence electrons. The van der Waals surface area contributed by atoms with Crippen LogP contribution in [0.25, 0.3) is 11.5 Å². The molecular weight excluding hydrogens is 232 g/mol.